The van der Waals surface area contributed by atoms with E-state index in [2.05, 4.69) is 39.7 Å². The van der Waals surface area contributed by atoms with Crippen molar-refractivity contribution >= 4 is 34.1 Å². The van der Waals surface area contributed by atoms with E-state index in [1.807, 2.05) is 23.1 Å². The molecule has 0 atom stereocenters. The number of benzene rings is 2. The number of aromatic nitrogens is 2. The topological polar surface area (TPSA) is 91.8 Å². The number of hydrogen-bond donors (Lipinski definition) is 2. The van der Waals surface area contributed by atoms with E-state index in [0.717, 1.165) is 47.5 Å². The molecule has 1 fully saturated rings. The van der Waals surface area contributed by atoms with E-state index in [9.17, 15) is 4.79 Å². The maximum Gasteiger partial charge on any atom is 0.242 e. The van der Waals surface area contributed by atoms with Crippen LogP contribution in [-0.4, -0.2) is 79.2 Å². The van der Waals surface area contributed by atoms with E-state index >= 15 is 0 Å². The molecule has 0 saturated carbocycles. The summed E-state index contributed by atoms with van der Waals surface area (Å²) in [6.07, 6.45) is 2.81. The van der Waals surface area contributed by atoms with Crippen molar-refractivity contribution in [3.8, 4) is 5.75 Å². The Labute approximate surface area is 199 Å². The summed E-state index contributed by atoms with van der Waals surface area (Å²) in [7, 11) is 3.81. The summed E-state index contributed by atoms with van der Waals surface area (Å²) in [5, 5.41) is 7.48. The number of rotatable bonds is 6. The first-order valence-corrected chi connectivity index (χ1v) is 11.6. The van der Waals surface area contributed by atoms with Crippen LogP contribution in [-0.2, 0) is 22.5 Å². The molecule has 1 aromatic heterocycles. The number of fused-ring (bicyclic) bond motifs is 2. The Balaban J connectivity index is 1.32. The lowest BCUT2D eigenvalue weighted by Crippen LogP contribution is -2.43. The molecule has 9 nitrogen and oxygen atoms in total. The Hall–Kier alpha value is -3.43. The monoisotopic (exact) mass is 462 g/mol. The fraction of sp³-hybridized carbons (Fsp3) is 0.400. The van der Waals surface area contributed by atoms with Gasteiger partial charge in [0.1, 0.15) is 5.75 Å². The molecular formula is C25H30N6O3. The van der Waals surface area contributed by atoms with Crippen LogP contribution in [0.5, 0.6) is 5.75 Å². The Morgan fingerprint density at radius 1 is 1.15 bits per heavy atom. The van der Waals surface area contributed by atoms with Crippen molar-refractivity contribution in [1.29, 1.82) is 0 Å². The summed E-state index contributed by atoms with van der Waals surface area (Å²) >= 11 is 0. The molecule has 3 aromatic rings. The Morgan fingerprint density at radius 3 is 2.82 bits per heavy atom. The molecule has 1 saturated heterocycles. The van der Waals surface area contributed by atoms with E-state index in [4.69, 9.17) is 14.5 Å². The summed E-state index contributed by atoms with van der Waals surface area (Å²) in [6, 6.07) is 10.1. The van der Waals surface area contributed by atoms with Crippen LogP contribution in [0, 0.1) is 0 Å². The summed E-state index contributed by atoms with van der Waals surface area (Å²) in [5.41, 5.74) is 5.09. The van der Waals surface area contributed by atoms with Crippen LogP contribution in [0.3, 0.4) is 0 Å². The number of carbonyl (C=O) groups excluding carboxylic acids is 1. The highest BCUT2D eigenvalue weighted by molar-refractivity contribution is 5.85. The van der Waals surface area contributed by atoms with E-state index in [0.29, 0.717) is 32.3 Å². The Morgan fingerprint density at radius 2 is 2.00 bits per heavy atom. The van der Waals surface area contributed by atoms with Crippen LogP contribution >= 0.6 is 0 Å². The van der Waals surface area contributed by atoms with Crippen LogP contribution in [0.4, 0.5) is 17.3 Å². The van der Waals surface area contributed by atoms with Gasteiger partial charge in [-0.3, -0.25) is 4.79 Å². The summed E-state index contributed by atoms with van der Waals surface area (Å²) in [5.74, 6) is 1.35. The second-order valence-electron chi connectivity index (χ2n) is 8.75. The summed E-state index contributed by atoms with van der Waals surface area (Å²) < 4.78 is 11.0. The van der Waals surface area contributed by atoms with Gasteiger partial charge in [-0.15, -0.1) is 0 Å². The van der Waals surface area contributed by atoms with Crippen molar-refractivity contribution in [3.63, 3.8) is 0 Å². The number of morpholine rings is 1. The van der Waals surface area contributed by atoms with Crippen LogP contribution < -0.4 is 15.4 Å². The number of carbonyl (C=O) groups is 1. The molecule has 9 heteroatoms. The molecule has 2 aliphatic heterocycles. The zero-order chi connectivity index (χ0) is 23.5. The molecule has 3 heterocycles. The number of hydrogen-bond acceptors (Lipinski definition) is 8. The van der Waals surface area contributed by atoms with E-state index < -0.39 is 0 Å². The fourth-order valence-electron chi connectivity index (χ4n) is 4.41. The smallest absolute Gasteiger partial charge is 0.242 e. The molecule has 0 unspecified atom stereocenters. The number of likely N-dealkylation sites (N-methyl/N-ethyl adjacent to an activating group) is 1. The van der Waals surface area contributed by atoms with Gasteiger partial charge in [-0.25, -0.2) is 9.97 Å². The minimum absolute atomic E-state index is 0.0681. The maximum absolute atomic E-state index is 12.4. The van der Waals surface area contributed by atoms with Crippen LogP contribution in [0.25, 0.3) is 10.9 Å². The third-order valence-electron chi connectivity index (χ3n) is 6.36. The lowest BCUT2D eigenvalue weighted by atomic mass is 9.99. The molecule has 0 aliphatic carbocycles. The van der Waals surface area contributed by atoms with Crippen molar-refractivity contribution in [2.45, 2.75) is 13.0 Å². The average molecular weight is 463 g/mol. The van der Waals surface area contributed by atoms with Gasteiger partial charge in [0, 0.05) is 43.4 Å². The van der Waals surface area contributed by atoms with Gasteiger partial charge >= 0.3 is 0 Å². The largest absolute Gasteiger partial charge is 0.495 e. The molecule has 178 valence electrons. The highest BCUT2D eigenvalue weighted by Crippen LogP contribution is 2.33. The molecule has 0 bridgehead atoms. The van der Waals surface area contributed by atoms with Gasteiger partial charge in [-0.05, 0) is 54.9 Å². The average Bonchev–Trinajstić information content (AvgIpc) is 2.87. The minimum Gasteiger partial charge on any atom is -0.495 e. The lowest BCUT2D eigenvalue weighted by molar-refractivity contribution is -0.133. The van der Waals surface area contributed by atoms with Crippen molar-refractivity contribution in [1.82, 2.24) is 19.8 Å². The molecule has 2 N–H and O–H groups in total. The molecule has 34 heavy (non-hydrogen) atoms. The quantitative estimate of drug-likeness (QED) is 0.578. The van der Waals surface area contributed by atoms with E-state index in [-0.39, 0.29) is 12.5 Å². The number of nitrogens with zero attached hydrogens (tertiary/aromatic N) is 4. The minimum atomic E-state index is 0.0681. The SMILES string of the molecule is COc1cc2c(cc1Nc1ncc3ccc(NCC(=O)N4CCOCC4)cc3n1)CN(C)CC2. The summed E-state index contributed by atoms with van der Waals surface area (Å²) in [4.78, 5) is 25.8. The van der Waals surface area contributed by atoms with Crippen LogP contribution in [0.15, 0.2) is 36.5 Å². The molecule has 1 amide bonds. The van der Waals surface area contributed by atoms with Gasteiger partial charge in [0.15, 0.2) is 0 Å². The number of nitrogens with one attached hydrogen (secondary N) is 2. The first-order valence-electron chi connectivity index (χ1n) is 11.6. The second-order valence-corrected chi connectivity index (χ2v) is 8.75. The highest BCUT2D eigenvalue weighted by Gasteiger charge is 2.18. The van der Waals surface area contributed by atoms with Gasteiger partial charge < -0.3 is 29.9 Å². The van der Waals surface area contributed by atoms with Crippen LogP contribution in [0.2, 0.25) is 0 Å². The molecule has 0 radical (unpaired) electrons. The van der Waals surface area contributed by atoms with Crippen molar-refractivity contribution in [2.24, 2.45) is 0 Å². The normalized spacial score (nSPS) is 16.2. The molecular weight excluding hydrogens is 432 g/mol. The number of amides is 1. The third kappa shape index (κ3) is 4.90. The maximum atomic E-state index is 12.4. The van der Waals surface area contributed by atoms with Gasteiger partial charge in [0.05, 0.1) is 38.1 Å². The molecule has 2 aliphatic rings. The number of ether oxygens (including phenoxy) is 2. The van der Waals surface area contributed by atoms with Gasteiger partial charge in [0.25, 0.3) is 0 Å². The fourth-order valence-corrected chi connectivity index (χ4v) is 4.41. The first-order chi connectivity index (χ1) is 16.6. The van der Waals surface area contributed by atoms with E-state index in [1.165, 1.54) is 11.1 Å². The zero-order valence-corrected chi connectivity index (χ0v) is 19.6. The summed E-state index contributed by atoms with van der Waals surface area (Å²) in [6.45, 7) is 4.67. The Kier molecular flexibility index (Phi) is 6.46. The number of anilines is 3. The first kappa shape index (κ1) is 22.4. The van der Waals surface area contributed by atoms with Gasteiger partial charge in [-0.1, -0.05) is 0 Å². The lowest BCUT2D eigenvalue weighted by Gasteiger charge is -2.27. The number of methoxy groups -OCH3 is 1. The Bertz CT molecular complexity index is 1190. The zero-order valence-electron chi connectivity index (χ0n) is 19.6. The third-order valence-corrected chi connectivity index (χ3v) is 6.36. The second kappa shape index (κ2) is 9.82. The molecule has 2 aromatic carbocycles. The molecule has 0 spiro atoms. The van der Waals surface area contributed by atoms with Crippen molar-refractivity contribution in [3.05, 3.63) is 47.7 Å². The van der Waals surface area contributed by atoms with Gasteiger partial charge in [0.2, 0.25) is 11.9 Å². The van der Waals surface area contributed by atoms with Crippen molar-refractivity contribution in [2.75, 3.05) is 64.2 Å². The van der Waals surface area contributed by atoms with Gasteiger partial charge in [-0.2, -0.15) is 0 Å². The van der Waals surface area contributed by atoms with E-state index in [1.54, 1.807) is 13.3 Å². The predicted molar refractivity (Wildman–Crippen MR) is 132 cm³/mol. The molecule has 5 rings (SSSR count). The predicted octanol–water partition coefficient (Wildman–Crippen LogP) is 2.64. The van der Waals surface area contributed by atoms with Crippen molar-refractivity contribution < 1.29 is 14.3 Å². The highest BCUT2D eigenvalue weighted by atomic mass is 16.5. The standard InChI is InChI=1S/C25H30N6O3/c1-30-6-5-17-12-23(33-2)22(11-19(17)16-30)29-25-27-14-18-3-4-20(13-21(18)28-25)26-15-24(32)31-7-9-34-10-8-31/h3-4,11-14,26H,5-10,15-16H2,1-2H3,(H,27,28,29). The van der Waals surface area contributed by atoms with Crippen LogP contribution in [0.1, 0.15) is 11.1 Å².